The molecule has 2 rings (SSSR count). The Kier molecular flexibility index (Phi) is 15.3. The van der Waals surface area contributed by atoms with Crippen molar-refractivity contribution in [2.24, 2.45) is 11.8 Å². The lowest BCUT2D eigenvalue weighted by atomic mass is 9.83. The van der Waals surface area contributed by atoms with E-state index in [-0.39, 0.29) is 18.7 Å². The molecule has 4 N–H and O–H groups in total. The van der Waals surface area contributed by atoms with E-state index in [1.807, 2.05) is 49.3 Å². The summed E-state index contributed by atoms with van der Waals surface area (Å²) >= 11 is 0. The molecular formula is C33H50N4O5. The number of carbonyl (C=O) groups excluding carboxylic acids is 3. The van der Waals surface area contributed by atoms with Gasteiger partial charge in [-0.3, -0.25) is 14.4 Å². The van der Waals surface area contributed by atoms with Gasteiger partial charge in [-0.2, -0.15) is 0 Å². The molecule has 0 bridgehead atoms. The normalized spacial score (nSPS) is 17.3. The van der Waals surface area contributed by atoms with Crippen molar-refractivity contribution >= 4 is 17.7 Å². The number of hydrogen-bond donors (Lipinski definition) is 4. The van der Waals surface area contributed by atoms with Gasteiger partial charge in [-0.15, -0.1) is 18.9 Å². The maximum atomic E-state index is 13.6. The molecule has 5 atom stereocenters. The number of aliphatic hydroxyl groups is 2. The largest absolute Gasteiger partial charge is 0.388 e. The SMILES string of the molecule is C#CC[C@H](NC(=O)[C@@H](CC(=O)N(C)CCN(C)C)Cc1ccccc1)C(=O)N[C@@H](CC1CCCCC1)[C@@H](O)[C@@H](O)C=C. The Hall–Kier alpha value is -3.19. The number of rotatable bonds is 17. The van der Waals surface area contributed by atoms with Gasteiger partial charge in [0.05, 0.1) is 18.1 Å². The third-order valence-corrected chi connectivity index (χ3v) is 8.02. The topological polar surface area (TPSA) is 122 Å². The van der Waals surface area contributed by atoms with Crippen molar-refractivity contribution in [1.29, 1.82) is 0 Å². The number of aliphatic hydroxyl groups excluding tert-OH is 2. The van der Waals surface area contributed by atoms with E-state index in [2.05, 4.69) is 23.1 Å². The van der Waals surface area contributed by atoms with E-state index in [1.54, 1.807) is 11.9 Å². The fraction of sp³-hybridized carbons (Fsp3) is 0.606. The summed E-state index contributed by atoms with van der Waals surface area (Å²) in [6, 6.07) is 7.62. The number of carbonyl (C=O) groups is 3. The van der Waals surface area contributed by atoms with Crippen LogP contribution >= 0.6 is 0 Å². The second kappa shape index (κ2) is 18.4. The van der Waals surface area contributed by atoms with Gasteiger partial charge in [0.25, 0.3) is 0 Å². The van der Waals surface area contributed by atoms with Crippen LogP contribution in [0.25, 0.3) is 0 Å². The Morgan fingerprint density at radius 2 is 1.71 bits per heavy atom. The third-order valence-electron chi connectivity index (χ3n) is 8.02. The third kappa shape index (κ3) is 12.0. The van der Waals surface area contributed by atoms with E-state index >= 15 is 0 Å². The smallest absolute Gasteiger partial charge is 0.243 e. The van der Waals surface area contributed by atoms with E-state index in [1.165, 1.54) is 12.5 Å². The molecule has 0 radical (unpaired) electrons. The Morgan fingerprint density at radius 1 is 1.05 bits per heavy atom. The Bertz CT molecular complexity index is 1030. The number of nitrogens with one attached hydrogen (secondary N) is 2. The van der Waals surface area contributed by atoms with Crippen molar-refractivity contribution in [3.05, 3.63) is 48.6 Å². The maximum Gasteiger partial charge on any atom is 0.243 e. The van der Waals surface area contributed by atoms with E-state index in [4.69, 9.17) is 6.42 Å². The molecule has 1 aliphatic rings. The zero-order chi connectivity index (χ0) is 31.1. The number of benzene rings is 1. The molecule has 0 aromatic heterocycles. The van der Waals surface area contributed by atoms with Gasteiger partial charge in [-0.05, 0) is 38.4 Å². The monoisotopic (exact) mass is 582 g/mol. The van der Waals surface area contributed by atoms with Crippen molar-refractivity contribution in [2.75, 3.05) is 34.2 Å². The van der Waals surface area contributed by atoms with Crippen LogP contribution in [0, 0.1) is 24.2 Å². The highest BCUT2D eigenvalue weighted by Gasteiger charge is 2.33. The first-order valence-corrected chi connectivity index (χ1v) is 15.0. The summed E-state index contributed by atoms with van der Waals surface area (Å²) in [7, 11) is 5.57. The van der Waals surface area contributed by atoms with E-state index < -0.39 is 42.0 Å². The van der Waals surface area contributed by atoms with E-state index in [9.17, 15) is 24.6 Å². The van der Waals surface area contributed by atoms with Crippen molar-refractivity contribution in [2.45, 2.75) is 82.1 Å². The molecule has 1 aliphatic carbocycles. The van der Waals surface area contributed by atoms with Gasteiger partial charge in [-0.25, -0.2) is 0 Å². The summed E-state index contributed by atoms with van der Waals surface area (Å²) in [5.74, 6) is 0.901. The maximum absolute atomic E-state index is 13.6. The number of nitrogens with zero attached hydrogens (tertiary/aromatic N) is 2. The first-order valence-electron chi connectivity index (χ1n) is 15.0. The molecule has 1 aromatic carbocycles. The summed E-state index contributed by atoms with van der Waals surface area (Å²) in [6.07, 6.45) is 10.4. The van der Waals surface area contributed by atoms with Gasteiger partial charge in [0.2, 0.25) is 17.7 Å². The predicted molar refractivity (Wildman–Crippen MR) is 165 cm³/mol. The summed E-state index contributed by atoms with van der Waals surface area (Å²) in [6.45, 7) is 4.78. The first-order chi connectivity index (χ1) is 20.0. The van der Waals surface area contributed by atoms with E-state index in [0.717, 1.165) is 31.2 Å². The summed E-state index contributed by atoms with van der Waals surface area (Å²) in [5.41, 5.74) is 0.897. The second-order valence-corrected chi connectivity index (χ2v) is 11.8. The molecule has 42 heavy (non-hydrogen) atoms. The number of hydrogen-bond acceptors (Lipinski definition) is 6. The predicted octanol–water partition coefficient (Wildman–Crippen LogP) is 2.13. The summed E-state index contributed by atoms with van der Waals surface area (Å²) < 4.78 is 0. The average molecular weight is 583 g/mol. The fourth-order valence-corrected chi connectivity index (χ4v) is 5.34. The van der Waals surface area contributed by atoms with E-state index in [0.29, 0.717) is 31.8 Å². The molecule has 0 unspecified atom stereocenters. The number of terminal acetylenes is 1. The van der Waals surface area contributed by atoms with Crippen LogP contribution in [0.3, 0.4) is 0 Å². The molecular weight excluding hydrogens is 532 g/mol. The standard InChI is InChI=1S/C33H50N4O5/c1-6-14-27(33(42)35-28(31(40)29(38)7-2)22-25-17-12-9-13-18-25)34-32(41)26(21-24-15-10-8-11-16-24)23-30(39)37(5)20-19-36(3)4/h1,7-8,10-11,15-16,25-29,31,38,40H,2,9,12-14,17-23H2,3-5H3,(H,34,41)(H,35,42)/t26-,27+,28+,29+,31-/m1/s1. The second-order valence-electron chi connectivity index (χ2n) is 11.8. The molecule has 9 heteroatoms. The molecule has 0 spiro atoms. The van der Waals surface area contributed by atoms with Crippen LogP contribution in [-0.2, 0) is 20.8 Å². The van der Waals surface area contributed by atoms with Gasteiger partial charge in [0.15, 0.2) is 0 Å². The van der Waals surface area contributed by atoms with Crippen LogP contribution in [-0.4, -0.2) is 96.3 Å². The molecule has 1 aromatic rings. The Morgan fingerprint density at radius 3 is 2.31 bits per heavy atom. The van der Waals surface area contributed by atoms with Crippen LogP contribution in [0.5, 0.6) is 0 Å². The minimum Gasteiger partial charge on any atom is -0.388 e. The fourth-order valence-electron chi connectivity index (χ4n) is 5.34. The van der Waals surface area contributed by atoms with Crippen LogP contribution in [0.4, 0.5) is 0 Å². The minimum absolute atomic E-state index is 0.0242. The lowest BCUT2D eigenvalue weighted by Gasteiger charge is -2.32. The van der Waals surface area contributed by atoms with Crippen molar-refractivity contribution < 1.29 is 24.6 Å². The van der Waals surface area contributed by atoms with Crippen molar-refractivity contribution in [3.8, 4) is 12.3 Å². The average Bonchev–Trinajstić information content (AvgIpc) is 2.98. The Labute approximate surface area is 251 Å². The number of amides is 3. The van der Waals surface area contributed by atoms with Crippen LogP contribution < -0.4 is 10.6 Å². The quantitative estimate of drug-likeness (QED) is 0.165. The highest BCUT2D eigenvalue weighted by Crippen LogP contribution is 2.28. The zero-order valence-electron chi connectivity index (χ0n) is 25.5. The highest BCUT2D eigenvalue weighted by molar-refractivity contribution is 5.91. The summed E-state index contributed by atoms with van der Waals surface area (Å²) in [5, 5.41) is 26.7. The van der Waals surface area contributed by atoms with Gasteiger partial charge < -0.3 is 30.6 Å². The molecule has 0 saturated heterocycles. The van der Waals surface area contributed by atoms with Gasteiger partial charge in [0, 0.05) is 33.0 Å². The van der Waals surface area contributed by atoms with Gasteiger partial charge in [-0.1, -0.05) is 68.5 Å². The molecule has 1 fully saturated rings. The lowest BCUT2D eigenvalue weighted by Crippen LogP contribution is -2.55. The van der Waals surface area contributed by atoms with Crippen LogP contribution in [0.1, 0.15) is 56.9 Å². The molecule has 0 heterocycles. The summed E-state index contributed by atoms with van der Waals surface area (Å²) in [4.78, 5) is 43.7. The van der Waals surface area contributed by atoms with Gasteiger partial charge >= 0.3 is 0 Å². The minimum atomic E-state index is -1.25. The zero-order valence-corrected chi connectivity index (χ0v) is 25.5. The van der Waals surface area contributed by atoms with Crippen molar-refractivity contribution in [1.82, 2.24) is 20.4 Å². The molecule has 3 amide bonds. The highest BCUT2D eigenvalue weighted by atomic mass is 16.3. The first kappa shape index (κ1) is 35.0. The molecule has 9 nitrogen and oxygen atoms in total. The van der Waals surface area contributed by atoms with Crippen LogP contribution in [0.2, 0.25) is 0 Å². The number of likely N-dealkylation sites (N-methyl/N-ethyl adjacent to an activating group) is 2. The molecule has 232 valence electrons. The lowest BCUT2D eigenvalue weighted by molar-refractivity contribution is -0.136. The van der Waals surface area contributed by atoms with Crippen LogP contribution in [0.15, 0.2) is 43.0 Å². The Balaban J connectivity index is 2.19. The van der Waals surface area contributed by atoms with Gasteiger partial charge in [0.1, 0.15) is 12.1 Å². The molecule has 1 saturated carbocycles. The molecule has 0 aliphatic heterocycles. The van der Waals surface area contributed by atoms with Crippen molar-refractivity contribution in [3.63, 3.8) is 0 Å².